The highest BCUT2D eigenvalue weighted by Gasteiger charge is 2.06. The van der Waals surface area contributed by atoms with Crippen LogP contribution in [0, 0.1) is 0 Å². The molecule has 0 aliphatic carbocycles. The van der Waals surface area contributed by atoms with Crippen LogP contribution < -0.4 is 9.13 Å². The third-order valence-electron chi connectivity index (χ3n) is 8.16. The zero-order valence-electron chi connectivity index (χ0n) is 25.5. The van der Waals surface area contributed by atoms with Crippen LogP contribution in [-0.2, 0) is 13.1 Å². The lowest BCUT2D eigenvalue weighted by molar-refractivity contribution is -0.697. The van der Waals surface area contributed by atoms with Crippen LogP contribution in [0.5, 0.6) is 0 Å². The fraction of sp³-hybridized carbons (Fsp3) is 0.722. The number of hydrogen-bond donors (Lipinski definition) is 0. The van der Waals surface area contributed by atoms with Crippen molar-refractivity contribution < 1.29 is 9.13 Å². The summed E-state index contributed by atoms with van der Waals surface area (Å²) in [7, 11) is 0. The molecule has 2 aromatic heterocycles. The average Bonchev–Trinajstić information content (AvgIpc) is 2.95. The molecule has 38 heavy (non-hydrogen) atoms. The molecule has 2 nitrogen and oxygen atoms in total. The van der Waals surface area contributed by atoms with Gasteiger partial charge in [-0.1, -0.05) is 129 Å². The lowest BCUT2D eigenvalue weighted by atomic mass is 10.1. The Hall–Kier alpha value is -1.70. The van der Waals surface area contributed by atoms with Gasteiger partial charge in [0.05, 0.1) is 0 Å². The van der Waals surface area contributed by atoms with Gasteiger partial charge in [0.1, 0.15) is 13.1 Å². The molecule has 214 valence electrons. The fourth-order valence-electron chi connectivity index (χ4n) is 5.51. The van der Waals surface area contributed by atoms with Crippen LogP contribution in [0.1, 0.15) is 155 Å². The molecule has 0 N–H and O–H groups in total. The quantitative estimate of drug-likeness (QED) is 0.0904. The van der Waals surface area contributed by atoms with Crippen molar-refractivity contribution >= 4 is 0 Å². The summed E-state index contributed by atoms with van der Waals surface area (Å²) in [5.74, 6) is 0. The molecule has 0 aliphatic heterocycles. The van der Waals surface area contributed by atoms with E-state index in [-0.39, 0.29) is 0 Å². The summed E-state index contributed by atoms with van der Waals surface area (Å²) in [6, 6.07) is 9.12. The number of rotatable bonds is 25. The van der Waals surface area contributed by atoms with Gasteiger partial charge in [-0.15, -0.1) is 0 Å². The number of pyridine rings is 2. The average molecular weight is 523 g/mol. The molecule has 0 bridgehead atoms. The number of hydrogen-bond acceptors (Lipinski definition) is 0. The van der Waals surface area contributed by atoms with E-state index in [9.17, 15) is 0 Å². The maximum atomic E-state index is 2.35. The van der Waals surface area contributed by atoms with Crippen molar-refractivity contribution in [2.45, 2.75) is 168 Å². The Morgan fingerprint density at radius 3 is 0.842 bits per heavy atom. The number of aromatic nitrogens is 2. The van der Waals surface area contributed by atoms with Gasteiger partial charge < -0.3 is 0 Å². The third-order valence-corrected chi connectivity index (χ3v) is 8.16. The first-order chi connectivity index (χ1) is 18.8. The molecule has 2 rings (SSSR count). The minimum atomic E-state index is 1.14. The van der Waals surface area contributed by atoms with E-state index >= 15 is 0 Å². The molecule has 0 amide bonds. The van der Waals surface area contributed by atoms with Crippen molar-refractivity contribution in [1.29, 1.82) is 0 Å². The lowest BCUT2D eigenvalue weighted by Crippen LogP contribution is -2.33. The zero-order valence-corrected chi connectivity index (χ0v) is 25.5. The van der Waals surface area contributed by atoms with Gasteiger partial charge in [-0.25, -0.2) is 9.13 Å². The highest BCUT2D eigenvalue weighted by Crippen LogP contribution is 2.16. The van der Waals surface area contributed by atoms with Crippen molar-refractivity contribution in [3.63, 3.8) is 0 Å². The van der Waals surface area contributed by atoms with Crippen LogP contribution in [0.2, 0.25) is 0 Å². The maximum absolute atomic E-state index is 2.35. The molecule has 2 aromatic rings. The number of nitrogens with zero attached hydrogens (tertiary/aromatic N) is 2. The zero-order chi connectivity index (χ0) is 26.9. The molecule has 0 atom stereocenters. The molecule has 2 heterocycles. The van der Waals surface area contributed by atoms with Crippen LogP contribution in [0.3, 0.4) is 0 Å². The summed E-state index contributed by atoms with van der Waals surface area (Å²) in [5.41, 5.74) is 2.64. The number of aryl methyl sites for hydroxylation is 2. The SMILES string of the molecule is CCCCCCCCCCCCC[n+]1ccc(-c2cc[n+](CCCCCCCCCCCCC)cc2)cc1. The first-order valence-electron chi connectivity index (χ1n) is 16.8. The van der Waals surface area contributed by atoms with Crippen molar-refractivity contribution in [1.82, 2.24) is 0 Å². The molecular formula is C36H62N2+2. The molecule has 0 radical (unpaired) electrons. The van der Waals surface area contributed by atoms with Crippen molar-refractivity contribution in [2.24, 2.45) is 0 Å². The first kappa shape index (κ1) is 32.5. The highest BCUT2D eigenvalue weighted by atomic mass is 14.9. The van der Waals surface area contributed by atoms with Gasteiger partial charge >= 0.3 is 0 Å². The van der Waals surface area contributed by atoms with Gasteiger partial charge in [0.2, 0.25) is 0 Å². The minimum Gasteiger partial charge on any atom is -0.205 e. The Kier molecular flexibility index (Phi) is 19.9. The van der Waals surface area contributed by atoms with Crippen LogP contribution in [0.15, 0.2) is 49.1 Å². The smallest absolute Gasteiger partial charge is 0.169 e. The van der Waals surface area contributed by atoms with Gasteiger partial charge in [0, 0.05) is 37.1 Å². The molecule has 0 fully saturated rings. The van der Waals surface area contributed by atoms with Gasteiger partial charge in [-0.2, -0.15) is 0 Å². The van der Waals surface area contributed by atoms with Crippen LogP contribution in [0.4, 0.5) is 0 Å². The molecule has 0 saturated heterocycles. The standard InChI is InChI=1S/C36H62N2/c1-3-5-7-9-11-13-15-17-19-21-23-29-37-31-25-35(26-32-37)36-27-33-38(34-28-36)30-24-22-20-18-16-14-12-10-8-6-4-2/h25-28,31-34H,3-24,29-30H2,1-2H3/q+2. The Morgan fingerprint density at radius 2 is 0.579 bits per heavy atom. The minimum absolute atomic E-state index is 1.14. The summed E-state index contributed by atoms with van der Waals surface area (Å²) in [5, 5.41) is 0. The van der Waals surface area contributed by atoms with E-state index in [1.807, 2.05) is 0 Å². The predicted molar refractivity (Wildman–Crippen MR) is 165 cm³/mol. The Bertz CT molecular complexity index is 697. The molecule has 2 heteroatoms. The van der Waals surface area contributed by atoms with E-state index in [0.29, 0.717) is 0 Å². The second-order valence-electron chi connectivity index (χ2n) is 11.7. The van der Waals surface area contributed by atoms with Gasteiger partial charge in [0.15, 0.2) is 24.8 Å². The summed E-state index contributed by atoms with van der Waals surface area (Å²) in [4.78, 5) is 0. The Morgan fingerprint density at radius 1 is 0.342 bits per heavy atom. The monoisotopic (exact) mass is 522 g/mol. The van der Waals surface area contributed by atoms with E-state index in [4.69, 9.17) is 0 Å². The lowest BCUT2D eigenvalue weighted by Gasteiger charge is -2.03. The largest absolute Gasteiger partial charge is 0.205 e. The second-order valence-corrected chi connectivity index (χ2v) is 11.7. The Labute approximate surface area is 237 Å². The molecule has 0 saturated carbocycles. The first-order valence-corrected chi connectivity index (χ1v) is 16.8. The van der Waals surface area contributed by atoms with Crippen LogP contribution in [0.25, 0.3) is 11.1 Å². The fourth-order valence-corrected chi connectivity index (χ4v) is 5.51. The van der Waals surface area contributed by atoms with Gasteiger partial charge in [-0.3, -0.25) is 0 Å². The van der Waals surface area contributed by atoms with Gasteiger partial charge in [-0.05, 0) is 24.0 Å². The van der Waals surface area contributed by atoms with E-state index in [0.717, 1.165) is 13.1 Å². The van der Waals surface area contributed by atoms with Crippen molar-refractivity contribution in [2.75, 3.05) is 0 Å². The topological polar surface area (TPSA) is 7.76 Å². The van der Waals surface area contributed by atoms with Gasteiger partial charge in [0.25, 0.3) is 0 Å². The van der Waals surface area contributed by atoms with E-state index in [1.54, 1.807) is 0 Å². The van der Waals surface area contributed by atoms with Crippen molar-refractivity contribution in [3.8, 4) is 11.1 Å². The molecule has 0 aliphatic rings. The second kappa shape index (κ2) is 23.2. The van der Waals surface area contributed by atoms with Crippen LogP contribution in [-0.4, -0.2) is 0 Å². The van der Waals surface area contributed by atoms with Crippen LogP contribution >= 0.6 is 0 Å². The predicted octanol–water partition coefficient (Wildman–Crippen LogP) is 10.6. The Balaban J connectivity index is 1.50. The van der Waals surface area contributed by atoms with E-state index in [1.165, 1.54) is 152 Å². The normalized spacial score (nSPS) is 11.3. The summed E-state index contributed by atoms with van der Waals surface area (Å²) < 4.78 is 4.71. The summed E-state index contributed by atoms with van der Waals surface area (Å²) in [6.07, 6.45) is 40.0. The molecule has 0 unspecified atom stereocenters. The van der Waals surface area contributed by atoms with Crippen molar-refractivity contribution in [3.05, 3.63) is 49.1 Å². The summed E-state index contributed by atoms with van der Waals surface area (Å²) in [6.45, 7) is 6.88. The summed E-state index contributed by atoms with van der Waals surface area (Å²) >= 11 is 0. The van der Waals surface area contributed by atoms with E-state index in [2.05, 4.69) is 72.0 Å². The highest BCUT2D eigenvalue weighted by molar-refractivity contribution is 5.60. The van der Waals surface area contributed by atoms with E-state index < -0.39 is 0 Å². The molecule has 0 aromatic carbocycles. The molecular weight excluding hydrogens is 460 g/mol. The molecule has 0 spiro atoms. The number of unbranched alkanes of at least 4 members (excludes halogenated alkanes) is 20. The third kappa shape index (κ3) is 16.3. The maximum Gasteiger partial charge on any atom is 0.169 e.